The fraction of sp³-hybridized carbons (Fsp3) is 0.409. The molecule has 1 N–H and O–H groups in total. The molecule has 144 valence electrons. The van der Waals surface area contributed by atoms with Gasteiger partial charge in [-0.25, -0.2) is 0 Å². The van der Waals surface area contributed by atoms with Gasteiger partial charge in [0.25, 0.3) is 0 Å². The Morgan fingerprint density at radius 3 is 2.59 bits per heavy atom. The highest BCUT2D eigenvalue weighted by Crippen LogP contribution is 2.21. The van der Waals surface area contributed by atoms with Crippen molar-refractivity contribution in [2.75, 3.05) is 39.1 Å². The second-order valence-corrected chi connectivity index (χ2v) is 7.51. The van der Waals surface area contributed by atoms with E-state index in [1.807, 2.05) is 24.3 Å². The largest absolute Gasteiger partial charge is 0.497 e. The molecule has 0 aliphatic carbocycles. The molecule has 4 nitrogen and oxygen atoms in total. The number of methoxy groups -OCH3 is 1. The summed E-state index contributed by atoms with van der Waals surface area (Å²) in [6, 6.07) is 19.0. The smallest absolute Gasteiger partial charge is 0.173 e. The molecule has 0 unspecified atom stereocenters. The van der Waals surface area contributed by atoms with Crippen LogP contribution in [0.2, 0.25) is 0 Å². The van der Waals surface area contributed by atoms with Crippen molar-refractivity contribution in [2.45, 2.75) is 25.3 Å². The van der Waals surface area contributed by atoms with Crippen LogP contribution in [0.5, 0.6) is 5.75 Å². The summed E-state index contributed by atoms with van der Waals surface area (Å²) in [4.78, 5) is 4.78. The predicted octanol–water partition coefficient (Wildman–Crippen LogP) is 4.03. The Morgan fingerprint density at radius 1 is 1.15 bits per heavy atom. The van der Waals surface area contributed by atoms with E-state index < -0.39 is 0 Å². The first kappa shape index (κ1) is 19.6. The van der Waals surface area contributed by atoms with Crippen LogP contribution in [0.1, 0.15) is 18.4 Å². The van der Waals surface area contributed by atoms with Crippen LogP contribution >= 0.6 is 12.2 Å². The highest BCUT2D eigenvalue weighted by molar-refractivity contribution is 7.80. The average molecular weight is 384 g/mol. The maximum absolute atomic E-state index is 5.82. The topological polar surface area (TPSA) is 27.7 Å². The zero-order chi connectivity index (χ0) is 19.1. The summed E-state index contributed by atoms with van der Waals surface area (Å²) < 4.78 is 5.33. The minimum absolute atomic E-state index is 0.482. The van der Waals surface area contributed by atoms with Crippen LogP contribution in [0.3, 0.4) is 0 Å². The van der Waals surface area contributed by atoms with Gasteiger partial charge in [0.15, 0.2) is 5.11 Å². The number of benzene rings is 2. The molecule has 2 aromatic rings. The van der Waals surface area contributed by atoms with Crippen molar-refractivity contribution in [3.05, 3.63) is 60.2 Å². The molecule has 1 saturated heterocycles. The Kier molecular flexibility index (Phi) is 7.07. The van der Waals surface area contributed by atoms with E-state index in [9.17, 15) is 0 Å². The van der Waals surface area contributed by atoms with E-state index in [4.69, 9.17) is 17.0 Å². The van der Waals surface area contributed by atoms with E-state index in [-0.39, 0.29) is 0 Å². The second-order valence-electron chi connectivity index (χ2n) is 7.13. The van der Waals surface area contributed by atoms with Crippen molar-refractivity contribution in [1.82, 2.24) is 9.80 Å². The highest BCUT2D eigenvalue weighted by atomic mass is 32.1. The lowest BCUT2D eigenvalue weighted by Gasteiger charge is -2.39. The molecule has 5 heteroatoms. The number of anilines is 1. The molecule has 2 aromatic carbocycles. The zero-order valence-electron chi connectivity index (χ0n) is 16.2. The number of hydrogen-bond acceptors (Lipinski definition) is 3. The van der Waals surface area contributed by atoms with E-state index in [0.29, 0.717) is 6.04 Å². The third-order valence-electron chi connectivity index (χ3n) is 5.19. The van der Waals surface area contributed by atoms with Crippen LogP contribution in [0.4, 0.5) is 5.69 Å². The number of piperidine rings is 1. The summed E-state index contributed by atoms with van der Waals surface area (Å²) in [5.41, 5.74) is 2.32. The Hall–Kier alpha value is -2.11. The van der Waals surface area contributed by atoms with Crippen LogP contribution in [0.15, 0.2) is 54.6 Å². The lowest BCUT2D eigenvalue weighted by molar-refractivity contribution is 0.178. The SMILES string of the molecule is COc1cccc(NC(=S)N(CCc2ccccc2)C2CCN(C)CC2)c1. The first-order valence-corrected chi connectivity index (χ1v) is 10.0. The first-order chi connectivity index (χ1) is 13.2. The van der Waals surface area contributed by atoms with Gasteiger partial charge in [0.1, 0.15) is 5.75 Å². The van der Waals surface area contributed by atoms with Crippen LogP contribution < -0.4 is 10.1 Å². The minimum atomic E-state index is 0.482. The van der Waals surface area contributed by atoms with E-state index in [1.165, 1.54) is 5.56 Å². The maximum Gasteiger partial charge on any atom is 0.173 e. The van der Waals surface area contributed by atoms with Crippen LogP contribution in [-0.2, 0) is 6.42 Å². The first-order valence-electron chi connectivity index (χ1n) is 9.60. The van der Waals surface area contributed by atoms with Crippen molar-refractivity contribution in [3.63, 3.8) is 0 Å². The van der Waals surface area contributed by atoms with Gasteiger partial charge in [-0.05, 0) is 69.3 Å². The van der Waals surface area contributed by atoms with Gasteiger partial charge in [-0.15, -0.1) is 0 Å². The molecule has 0 atom stereocenters. The monoisotopic (exact) mass is 383 g/mol. The van der Waals surface area contributed by atoms with Crippen LogP contribution in [0.25, 0.3) is 0 Å². The maximum atomic E-state index is 5.82. The lowest BCUT2D eigenvalue weighted by Crippen LogP contribution is -2.48. The van der Waals surface area contributed by atoms with Crippen molar-refractivity contribution >= 4 is 23.0 Å². The van der Waals surface area contributed by atoms with Crippen molar-refractivity contribution in [1.29, 1.82) is 0 Å². The summed E-state index contributed by atoms with van der Waals surface area (Å²) in [6.07, 6.45) is 3.28. The molecule has 27 heavy (non-hydrogen) atoms. The number of nitrogens with zero attached hydrogens (tertiary/aromatic N) is 2. The fourth-order valence-corrected chi connectivity index (χ4v) is 3.91. The second kappa shape index (κ2) is 9.72. The van der Waals surface area contributed by atoms with Gasteiger partial charge in [0, 0.05) is 24.3 Å². The third-order valence-corrected chi connectivity index (χ3v) is 5.53. The molecule has 3 rings (SSSR count). The van der Waals surface area contributed by atoms with Gasteiger partial charge in [0.2, 0.25) is 0 Å². The molecule has 1 aliphatic rings. The molecule has 1 heterocycles. The molecule has 0 bridgehead atoms. The Balaban J connectivity index is 1.70. The van der Waals surface area contributed by atoms with Gasteiger partial charge >= 0.3 is 0 Å². The predicted molar refractivity (Wildman–Crippen MR) is 117 cm³/mol. The summed E-state index contributed by atoms with van der Waals surface area (Å²) in [7, 11) is 3.87. The van der Waals surface area contributed by atoms with Gasteiger partial charge in [-0.2, -0.15) is 0 Å². The zero-order valence-corrected chi connectivity index (χ0v) is 17.0. The van der Waals surface area contributed by atoms with Crippen molar-refractivity contribution in [2.24, 2.45) is 0 Å². The van der Waals surface area contributed by atoms with Gasteiger partial charge in [-0.3, -0.25) is 0 Å². The summed E-state index contributed by atoms with van der Waals surface area (Å²) in [5.74, 6) is 0.831. The van der Waals surface area contributed by atoms with Crippen LogP contribution in [0, 0.1) is 0 Å². The molecular formula is C22H29N3OS. The normalized spacial score (nSPS) is 15.3. The number of hydrogen-bond donors (Lipinski definition) is 1. The minimum Gasteiger partial charge on any atom is -0.497 e. The van der Waals surface area contributed by atoms with E-state index in [0.717, 1.165) is 55.4 Å². The third kappa shape index (κ3) is 5.68. The number of rotatable bonds is 6. The number of nitrogens with one attached hydrogen (secondary N) is 1. The van der Waals surface area contributed by atoms with Gasteiger partial charge in [-0.1, -0.05) is 36.4 Å². The Morgan fingerprint density at radius 2 is 1.89 bits per heavy atom. The number of likely N-dealkylation sites (tertiary alicyclic amines) is 1. The summed E-state index contributed by atoms with van der Waals surface area (Å²) >= 11 is 5.82. The van der Waals surface area contributed by atoms with E-state index in [2.05, 4.69) is 52.5 Å². The van der Waals surface area contributed by atoms with Crippen molar-refractivity contribution < 1.29 is 4.74 Å². The van der Waals surface area contributed by atoms with E-state index >= 15 is 0 Å². The molecule has 0 saturated carbocycles. The molecule has 0 radical (unpaired) electrons. The molecule has 0 amide bonds. The Bertz CT molecular complexity index is 729. The van der Waals surface area contributed by atoms with Gasteiger partial charge in [0.05, 0.1) is 7.11 Å². The molecule has 1 fully saturated rings. The fourth-order valence-electron chi connectivity index (χ4n) is 3.55. The standard InChI is InChI=1S/C22H29N3OS/c1-24-14-12-20(13-15-24)25(16-11-18-7-4-3-5-8-18)22(27)23-19-9-6-10-21(17-19)26-2/h3-10,17,20H,11-16H2,1-2H3,(H,23,27). The lowest BCUT2D eigenvalue weighted by atomic mass is 10.0. The van der Waals surface area contributed by atoms with Crippen molar-refractivity contribution in [3.8, 4) is 5.75 Å². The van der Waals surface area contributed by atoms with Gasteiger partial charge < -0.3 is 19.9 Å². The average Bonchev–Trinajstić information content (AvgIpc) is 2.70. The molecule has 0 spiro atoms. The van der Waals surface area contributed by atoms with Crippen LogP contribution in [-0.4, -0.2) is 54.7 Å². The summed E-state index contributed by atoms with van der Waals surface area (Å²) in [5, 5.41) is 4.23. The quantitative estimate of drug-likeness (QED) is 0.760. The molecule has 1 aliphatic heterocycles. The number of thiocarbonyl (C=S) groups is 1. The Labute approximate surface area is 168 Å². The van der Waals surface area contributed by atoms with E-state index in [1.54, 1.807) is 7.11 Å². The summed E-state index contributed by atoms with van der Waals surface area (Å²) in [6.45, 7) is 3.16. The number of ether oxygens (including phenoxy) is 1. The molecule has 0 aromatic heterocycles. The highest BCUT2D eigenvalue weighted by Gasteiger charge is 2.25. The molecular weight excluding hydrogens is 354 g/mol.